The number of rotatable bonds is 5. The summed E-state index contributed by atoms with van der Waals surface area (Å²) in [5.74, 6) is -0.358. The molecule has 0 saturated heterocycles. The van der Waals surface area contributed by atoms with Crippen LogP contribution in [-0.4, -0.2) is 38.9 Å². The summed E-state index contributed by atoms with van der Waals surface area (Å²) in [6, 6.07) is 6.08. The maximum absolute atomic E-state index is 13.5. The quantitative estimate of drug-likeness (QED) is 0.806. The predicted octanol–water partition coefficient (Wildman–Crippen LogP) is 1.17. The van der Waals surface area contributed by atoms with Crippen molar-refractivity contribution in [1.29, 1.82) is 5.26 Å². The minimum atomic E-state index is -3.02. The van der Waals surface area contributed by atoms with E-state index in [2.05, 4.69) is 0 Å². The first-order valence-corrected chi connectivity index (χ1v) is 7.42. The molecule has 1 rings (SSSR count). The van der Waals surface area contributed by atoms with Gasteiger partial charge in [0.05, 0.1) is 17.4 Å². The van der Waals surface area contributed by atoms with Gasteiger partial charge in [-0.1, -0.05) is 0 Å². The van der Waals surface area contributed by atoms with Crippen LogP contribution >= 0.6 is 0 Å². The van der Waals surface area contributed by atoms with Gasteiger partial charge in [-0.3, -0.25) is 0 Å². The number of hydrogen-bond donors (Lipinski definition) is 0. The summed E-state index contributed by atoms with van der Waals surface area (Å²) < 4.78 is 35.5. The molecule has 0 aliphatic heterocycles. The highest BCUT2D eigenvalue weighted by atomic mass is 32.2. The lowest BCUT2D eigenvalue weighted by atomic mass is 10.1. The summed E-state index contributed by atoms with van der Waals surface area (Å²) >= 11 is 0. The highest BCUT2D eigenvalue weighted by molar-refractivity contribution is 7.90. The summed E-state index contributed by atoms with van der Waals surface area (Å²) in [6.45, 7) is 0.603. The lowest BCUT2D eigenvalue weighted by Crippen LogP contribution is -2.25. The van der Waals surface area contributed by atoms with Crippen molar-refractivity contribution in [3.8, 4) is 6.07 Å². The Kier molecular flexibility index (Phi) is 4.82. The number of sulfone groups is 1. The van der Waals surface area contributed by atoms with Crippen LogP contribution in [0.25, 0.3) is 0 Å². The lowest BCUT2D eigenvalue weighted by Gasteiger charge is -2.16. The van der Waals surface area contributed by atoms with Gasteiger partial charge in [0, 0.05) is 24.9 Å². The highest BCUT2D eigenvalue weighted by Crippen LogP contribution is 2.12. The van der Waals surface area contributed by atoms with E-state index in [1.165, 1.54) is 18.2 Å². The first kappa shape index (κ1) is 14.6. The van der Waals surface area contributed by atoms with Crippen LogP contribution in [-0.2, 0) is 16.4 Å². The van der Waals surface area contributed by atoms with Crippen molar-refractivity contribution in [3.05, 3.63) is 35.1 Å². The van der Waals surface area contributed by atoms with Crippen LogP contribution in [0.2, 0.25) is 0 Å². The third-order valence-corrected chi connectivity index (χ3v) is 3.38. The van der Waals surface area contributed by atoms with Gasteiger partial charge in [-0.15, -0.1) is 0 Å². The van der Waals surface area contributed by atoms with Crippen molar-refractivity contribution in [2.75, 3.05) is 25.6 Å². The summed E-state index contributed by atoms with van der Waals surface area (Å²) in [5, 5.41) is 8.73. The Morgan fingerprint density at radius 1 is 1.44 bits per heavy atom. The van der Waals surface area contributed by atoms with Crippen LogP contribution in [0.15, 0.2) is 18.2 Å². The molecule has 0 spiro atoms. The topological polar surface area (TPSA) is 61.2 Å². The third-order valence-electron chi connectivity index (χ3n) is 2.46. The Hall–Kier alpha value is -1.45. The van der Waals surface area contributed by atoms with Gasteiger partial charge in [0.2, 0.25) is 0 Å². The second-order valence-electron chi connectivity index (χ2n) is 4.29. The van der Waals surface area contributed by atoms with Crippen LogP contribution in [0.4, 0.5) is 4.39 Å². The second-order valence-corrected chi connectivity index (χ2v) is 6.55. The predicted molar refractivity (Wildman–Crippen MR) is 67.2 cm³/mol. The first-order valence-electron chi connectivity index (χ1n) is 5.36. The Morgan fingerprint density at radius 3 is 2.67 bits per heavy atom. The van der Waals surface area contributed by atoms with Crippen molar-refractivity contribution in [3.63, 3.8) is 0 Å². The van der Waals surface area contributed by atoms with E-state index < -0.39 is 9.84 Å². The van der Waals surface area contributed by atoms with E-state index in [4.69, 9.17) is 5.26 Å². The number of benzene rings is 1. The van der Waals surface area contributed by atoms with Crippen molar-refractivity contribution < 1.29 is 12.8 Å². The monoisotopic (exact) mass is 270 g/mol. The van der Waals surface area contributed by atoms with Gasteiger partial charge in [-0.2, -0.15) is 5.26 Å². The standard InChI is InChI=1S/C12H15FN2O2S/c1-15(5-6-18(2,16)17)9-11-7-10(8-14)3-4-12(11)13/h3-4,7H,5-6,9H2,1-2H3. The summed E-state index contributed by atoms with van der Waals surface area (Å²) in [5.41, 5.74) is 0.785. The average molecular weight is 270 g/mol. The largest absolute Gasteiger partial charge is 0.301 e. The maximum atomic E-state index is 13.5. The molecule has 6 heteroatoms. The van der Waals surface area contributed by atoms with Gasteiger partial charge < -0.3 is 4.90 Å². The fourth-order valence-corrected chi connectivity index (χ4v) is 2.10. The SMILES string of the molecule is CN(CCS(C)(=O)=O)Cc1cc(C#N)ccc1F. The number of halogens is 1. The molecule has 0 amide bonds. The van der Waals surface area contributed by atoms with Crippen LogP contribution in [0.5, 0.6) is 0 Å². The molecular weight excluding hydrogens is 255 g/mol. The fraction of sp³-hybridized carbons (Fsp3) is 0.417. The molecule has 4 nitrogen and oxygen atoms in total. The molecule has 0 aliphatic rings. The molecule has 0 aliphatic carbocycles. The van der Waals surface area contributed by atoms with E-state index in [1.54, 1.807) is 11.9 Å². The van der Waals surface area contributed by atoms with Gasteiger partial charge in [-0.25, -0.2) is 12.8 Å². The molecule has 18 heavy (non-hydrogen) atoms. The van der Waals surface area contributed by atoms with E-state index in [9.17, 15) is 12.8 Å². The summed E-state index contributed by atoms with van der Waals surface area (Å²) in [4.78, 5) is 1.71. The smallest absolute Gasteiger partial charge is 0.148 e. The van der Waals surface area contributed by atoms with Gasteiger partial charge in [0.1, 0.15) is 15.7 Å². The van der Waals surface area contributed by atoms with Crippen molar-refractivity contribution >= 4 is 9.84 Å². The zero-order valence-electron chi connectivity index (χ0n) is 10.4. The van der Waals surface area contributed by atoms with Gasteiger partial charge in [-0.05, 0) is 25.2 Å². The molecule has 0 bridgehead atoms. The molecule has 0 heterocycles. The Bertz CT molecular complexity index is 564. The Balaban J connectivity index is 2.70. The first-order chi connectivity index (χ1) is 8.31. The molecule has 0 aromatic heterocycles. The number of nitriles is 1. The van der Waals surface area contributed by atoms with Crippen LogP contribution in [0.1, 0.15) is 11.1 Å². The normalized spacial score (nSPS) is 11.5. The molecule has 0 fully saturated rings. The van der Waals surface area contributed by atoms with Crippen molar-refractivity contribution in [2.45, 2.75) is 6.54 Å². The second kappa shape index (κ2) is 5.94. The molecule has 0 radical (unpaired) electrons. The molecule has 1 aromatic rings. The zero-order chi connectivity index (χ0) is 13.8. The van der Waals surface area contributed by atoms with E-state index in [1.807, 2.05) is 6.07 Å². The van der Waals surface area contributed by atoms with Gasteiger partial charge >= 0.3 is 0 Å². The van der Waals surface area contributed by atoms with E-state index in [0.29, 0.717) is 17.7 Å². The molecule has 98 valence electrons. The van der Waals surface area contributed by atoms with E-state index in [-0.39, 0.29) is 18.1 Å². The maximum Gasteiger partial charge on any atom is 0.148 e. The average Bonchev–Trinajstić information content (AvgIpc) is 2.28. The minimum absolute atomic E-state index is 0.0308. The van der Waals surface area contributed by atoms with Crippen LogP contribution in [0.3, 0.4) is 0 Å². The van der Waals surface area contributed by atoms with Crippen molar-refractivity contribution in [1.82, 2.24) is 4.90 Å². The Labute approximate surface area is 107 Å². The molecule has 0 N–H and O–H groups in total. The van der Waals surface area contributed by atoms with Gasteiger partial charge in [0.25, 0.3) is 0 Å². The van der Waals surface area contributed by atoms with Gasteiger partial charge in [0.15, 0.2) is 0 Å². The summed E-state index contributed by atoms with van der Waals surface area (Å²) in [7, 11) is -1.31. The fourth-order valence-electron chi connectivity index (χ4n) is 1.46. The van der Waals surface area contributed by atoms with Crippen LogP contribution in [0, 0.1) is 17.1 Å². The lowest BCUT2D eigenvalue weighted by molar-refractivity contribution is 0.340. The molecule has 1 aromatic carbocycles. The highest BCUT2D eigenvalue weighted by Gasteiger charge is 2.09. The van der Waals surface area contributed by atoms with Crippen LogP contribution < -0.4 is 0 Å². The molecule has 0 saturated carbocycles. The minimum Gasteiger partial charge on any atom is -0.301 e. The van der Waals surface area contributed by atoms with E-state index >= 15 is 0 Å². The van der Waals surface area contributed by atoms with E-state index in [0.717, 1.165) is 6.26 Å². The molecule has 0 unspecified atom stereocenters. The Morgan fingerprint density at radius 2 is 2.11 bits per heavy atom. The third kappa shape index (κ3) is 4.82. The number of hydrogen-bond acceptors (Lipinski definition) is 4. The summed E-state index contributed by atoms with van der Waals surface area (Å²) in [6.07, 6.45) is 1.16. The van der Waals surface area contributed by atoms with Crippen molar-refractivity contribution in [2.24, 2.45) is 0 Å². The number of nitrogens with zero attached hydrogens (tertiary/aromatic N) is 2. The molecule has 0 atom stereocenters. The molecular formula is C12H15FN2O2S. The zero-order valence-corrected chi connectivity index (χ0v) is 11.2.